The normalized spacial score (nSPS) is 18.4. The Morgan fingerprint density at radius 2 is 1.84 bits per heavy atom. The highest BCUT2D eigenvalue weighted by molar-refractivity contribution is 7.15. The Morgan fingerprint density at radius 1 is 1.12 bits per heavy atom. The number of anilines is 2. The quantitative estimate of drug-likeness (QED) is 0.817. The van der Waals surface area contributed by atoms with Crippen molar-refractivity contribution in [1.29, 1.82) is 0 Å². The molecule has 0 aromatic carbocycles. The van der Waals surface area contributed by atoms with Gasteiger partial charge >= 0.3 is 0 Å². The molecule has 3 heterocycles. The van der Waals surface area contributed by atoms with Crippen molar-refractivity contribution in [1.82, 2.24) is 15.0 Å². The number of rotatable bonds is 5. The summed E-state index contributed by atoms with van der Waals surface area (Å²) in [6, 6.07) is 3.13. The van der Waals surface area contributed by atoms with Crippen LogP contribution in [-0.4, -0.2) is 47.2 Å². The molecule has 134 valence electrons. The van der Waals surface area contributed by atoms with E-state index in [9.17, 15) is 0 Å². The molecule has 2 fully saturated rings. The molecular weight excluding hydrogens is 334 g/mol. The van der Waals surface area contributed by atoms with Crippen LogP contribution in [0.3, 0.4) is 0 Å². The second-order valence-corrected chi connectivity index (χ2v) is 8.09. The van der Waals surface area contributed by atoms with Crippen LogP contribution in [0.25, 0.3) is 0 Å². The van der Waals surface area contributed by atoms with E-state index in [1.165, 1.54) is 22.9 Å². The van der Waals surface area contributed by atoms with Gasteiger partial charge in [-0.15, -0.1) is 11.3 Å². The van der Waals surface area contributed by atoms with Crippen molar-refractivity contribution in [3.8, 4) is 5.88 Å². The fraction of sp³-hybridized carbons (Fsp3) is 0.611. The van der Waals surface area contributed by atoms with Gasteiger partial charge in [0.05, 0.1) is 12.8 Å². The predicted molar refractivity (Wildman–Crippen MR) is 101 cm³/mol. The second-order valence-electron chi connectivity index (χ2n) is 6.91. The molecule has 0 spiro atoms. The van der Waals surface area contributed by atoms with E-state index in [2.05, 4.69) is 33.6 Å². The Hall–Kier alpha value is -1.89. The summed E-state index contributed by atoms with van der Waals surface area (Å²) in [4.78, 5) is 19.7. The van der Waals surface area contributed by atoms with Crippen molar-refractivity contribution in [3.63, 3.8) is 0 Å². The van der Waals surface area contributed by atoms with Gasteiger partial charge in [-0.3, -0.25) is 0 Å². The van der Waals surface area contributed by atoms with E-state index < -0.39 is 0 Å². The van der Waals surface area contributed by atoms with Crippen LogP contribution in [0.15, 0.2) is 12.4 Å². The van der Waals surface area contributed by atoms with Crippen LogP contribution in [0.4, 0.5) is 10.9 Å². The van der Waals surface area contributed by atoms with Crippen LogP contribution in [0.5, 0.6) is 5.88 Å². The van der Waals surface area contributed by atoms with Gasteiger partial charge in [0.1, 0.15) is 12.1 Å². The molecule has 0 radical (unpaired) electrons. The summed E-state index contributed by atoms with van der Waals surface area (Å²) < 4.78 is 5.29. The van der Waals surface area contributed by atoms with E-state index in [4.69, 9.17) is 9.72 Å². The first-order chi connectivity index (χ1) is 12.2. The minimum absolute atomic E-state index is 0.533. The molecule has 2 aromatic heterocycles. The predicted octanol–water partition coefficient (Wildman–Crippen LogP) is 3.20. The zero-order valence-corrected chi connectivity index (χ0v) is 15.9. The molecule has 0 N–H and O–H groups in total. The molecule has 0 atom stereocenters. The molecule has 1 saturated heterocycles. The van der Waals surface area contributed by atoms with Crippen LogP contribution in [-0.2, 0) is 0 Å². The molecule has 1 saturated carbocycles. The second kappa shape index (κ2) is 6.78. The molecule has 0 amide bonds. The van der Waals surface area contributed by atoms with E-state index >= 15 is 0 Å². The Labute approximate surface area is 152 Å². The summed E-state index contributed by atoms with van der Waals surface area (Å²) in [5.74, 6) is 1.65. The lowest BCUT2D eigenvalue weighted by atomic mass is 10.0. The van der Waals surface area contributed by atoms with Gasteiger partial charge in [-0.1, -0.05) is 0 Å². The highest BCUT2D eigenvalue weighted by atomic mass is 32.1. The first-order valence-corrected chi connectivity index (χ1v) is 9.80. The van der Waals surface area contributed by atoms with Gasteiger partial charge in [0.2, 0.25) is 5.88 Å². The van der Waals surface area contributed by atoms with Crippen molar-refractivity contribution < 1.29 is 4.74 Å². The van der Waals surface area contributed by atoms with Gasteiger partial charge in [0.15, 0.2) is 5.13 Å². The van der Waals surface area contributed by atoms with E-state index in [-0.39, 0.29) is 0 Å². The number of aryl methyl sites for hydroxylation is 2. The number of aromatic nitrogens is 3. The number of ether oxygens (including phenoxy) is 1. The van der Waals surface area contributed by atoms with Crippen molar-refractivity contribution in [3.05, 3.63) is 23.0 Å². The van der Waals surface area contributed by atoms with E-state index in [1.807, 2.05) is 17.4 Å². The summed E-state index contributed by atoms with van der Waals surface area (Å²) >= 11 is 1.81. The lowest BCUT2D eigenvalue weighted by Crippen LogP contribution is -2.46. The first kappa shape index (κ1) is 16.6. The lowest BCUT2D eigenvalue weighted by Gasteiger charge is -2.39. The molecule has 1 aliphatic heterocycles. The number of methoxy groups -OCH3 is 1. The van der Waals surface area contributed by atoms with Crippen molar-refractivity contribution in [2.24, 2.45) is 0 Å². The molecule has 1 aliphatic carbocycles. The summed E-state index contributed by atoms with van der Waals surface area (Å²) in [6.45, 7) is 6.37. The maximum absolute atomic E-state index is 5.29. The van der Waals surface area contributed by atoms with Gasteiger partial charge in [-0.25, -0.2) is 15.0 Å². The van der Waals surface area contributed by atoms with E-state index in [0.29, 0.717) is 18.0 Å². The van der Waals surface area contributed by atoms with Crippen LogP contribution < -0.4 is 14.5 Å². The Bertz CT molecular complexity index is 717. The van der Waals surface area contributed by atoms with Gasteiger partial charge < -0.3 is 14.5 Å². The average Bonchev–Trinajstić information content (AvgIpc) is 3.41. The van der Waals surface area contributed by atoms with Crippen LogP contribution in [0.2, 0.25) is 0 Å². The molecule has 2 aliphatic rings. The molecule has 0 unspecified atom stereocenters. The maximum atomic E-state index is 5.29. The molecule has 7 heteroatoms. The highest BCUT2D eigenvalue weighted by Crippen LogP contribution is 2.37. The largest absolute Gasteiger partial charge is 0.481 e. The van der Waals surface area contributed by atoms with Crippen LogP contribution in [0.1, 0.15) is 36.3 Å². The molecule has 4 rings (SSSR count). The molecule has 0 bridgehead atoms. The third-order valence-electron chi connectivity index (χ3n) is 5.19. The fourth-order valence-electron chi connectivity index (χ4n) is 3.53. The highest BCUT2D eigenvalue weighted by Gasteiger charge is 2.37. The van der Waals surface area contributed by atoms with Crippen LogP contribution in [0, 0.1) is 13.8 Å². The number of piperidine rings is 1. The maximum Gasteiger partial charge on any atom is 0.218 e. The number of hydrogen-bond donors (Lipinski definition) is 0. The monoisotopic (exact) mass is 359 g/mol. The number of hydrogen-bond acceptors (Lipinski definition) is 7. The standard InChI is InChI=1S/C18H25N5OS/c1-12-13(2)25-18(21-12)22-8-6-15(7-9-22)23(14-4-5-14)16-10-17(24-3)20-11-19-16/h10-11,14-15H,4-9H2,1-3H3. The van der Waals surface area contributed by atoms with Crippen molar-refractivity contribution in [2.45, 2.75) is 51.6 Å². The SMILES string of the molecule is COc1cc(N(C2CC2)C2CCN(c3nc(C)c(C)s3)CC2)ncn1. The smallest absolute Gasteiger partial charge is 0.218 e. The van der Waals surface area contributed by atoms with Gasteiger partial charge in [-0.2, -0.15) is 0 Å². The zero-order chi connectivity index (χ0) is 17.4. The summed E-state index contributed by atoms with van der Waals surface area (Å²) in [5.41, 5.74) is 1.16. The van der Waals surface area contributed by atoms with E-state index in [0.717, 1.165) is 37.4 Å². The Balaban J connectivity index is 1.47. The fourth-order valence-corrected chi connectivity index (χ4v) is 4.50. The molecule has 6 nitrogen and oxygen atoms in total. The first-order valence-electron chi connectivity index (χ1n) is 8.99. The van der Waals surface area contributed by atoms with Gasteiger partial charge in [0, 0.05) is 36.1 Å². The zero-order valence-electron chi connectivity index (χ0n) is 15.1. The third-order valence-corrected chi connectivity index (χ3v) is 6.32. The molecule has 2 aromatic rings. The Kier molecular flexibility index (Phi) is 4.50. The van der Waals surface area contributed by atoms with Crippen molar-refractivity contribution in [2.75, 3.05) is 30.0 Å². The Morgan fingerprint density at radius 3 is 2.44 bits per heavy atom. The number of nitrogens with zero attached hydrogens (tertiary/aromatic N) is 5. The summed E-state index contributed by atoms with van der Waals surface area (Å²) in [7, 11) is 1.66. The van der Waals surface area contributed by atoms with Crippen molar-refractivity contribution >= 4 is 22.3 Å². The van der Waals surface area contributed by atoms with Gasteiger partial charge in [-0.05, 0) is 39.5 Å². The van der Waals surface area contributed by atoms with E-state index in [1.54, 1.807) is 13.4 Å². The number of thiazole rings is 1. The average molecular weight is 359 g/mol. The lowest BCUT2D eigenvalue weighted by molar-refractivity contribution is 0.395. The van der Waals surface area contributed by atoms with Crippen LogP contribution >= 0.6 is 11.3 Å². The minimum atomic E-state index is 0.533. The molecular formula is C18H25N5OS. The van der Waals surface area contributed by atoms with Gasteiger partial charge in [0.25, 0.3) is 0 Å². The summed E-state index contributed by atoms with van der Waals surface area (Å²) in [5, 5.41) is 1.18. The summed E-state index contributed by atoms with van der Waals surface area (Å²) in [6.07, 6.45) is 6.41. The molecule has 25 heavy (non-hydrogen) atoms. The topological polar surface area (TPSA) is 54.4 Å². The minimum Gasteiger partial charge on any atom is -0.481 e. The third kappa shape index (κ3) is 3.42.